The summed E-state index contributed by atoms with van der Waals surface area (Å²) in [5.74, 6) is 0.378. The lowest BCUT2D eigenvalue weighted by Gasteiger charge is -2.44. The maximum absolute atomic E-state index is 12.4. The van der Waals surface area contributed by atoms with E-state index in [0.717, 1.165) is 32.5 Å². The van der Waals surface area contributed by atoms with E-state index in [1.54, 1.807) is 0 Å². The summed E-state index contributed by atoms with van der Waals surface area (Å²) in [7, 11) is 0. The molecule has 3 aliphatic rings. The molecule has 1 aliphatic carbocycles. The zero-order valence-electron chi connectivity index (χ0n) is 11.6. The maximum Gasteiger partial charge on any atom is 0.240 e. The van der Waals surface area contributed by atoms with Gasteiger partial charge in [0.15, 0.2) is 0 Å². The van der Waals surface area contributed by atoms with Crippen LogP contribution in [0.4, 0.5) is 0 Å². The van der Waals surface area contributed by atoms with Crippen molar-refractivity contribution in [2.45, 2.75) is 57.7 Å². The average molecular weight is 251 g/mol. The van der Waals surface area contributed by atoms with Gasteiger partial charge in [-0.1, -0.05) is 13.8 Å². The number of carbonyl (C=O) groups is 1. The molecule has 2 saturated heterocycles. The highest BCUT2D eigenvalue weighted by molar-refractivity contribution is 5.84. The van der Waals surface area contributed by atoms with Crippen LogP contribution < -0.4 is 5.73 Å². The van der Waals surface area contributed by atoms with E-state index in [1.807, 2.05) is 0 Å². The average Bonchev–Trinajstić information content (AvgIpc) is 3.07. The highest BCUT2D eigenvalue weighted by Crippen LogP contribution is 2.35. The Hall–Kier alpha value is -0.610. The summed E-state index contributed by atoms with van der Waals surface area (Å²) < 4.78 is 0. The van der Waals surface area contributed by atoms with E-state index in [-0.39, 0.29) is 17.5 Å². The molecule has 2 unspecified atom stereocenters. The Balaban J connectivity index is 1.67. The number of carbonyl (C=O) groups excluding carboxylic acids is 1. The first-order chi connectivity index (χ1) is 8.49. The van der Waals surface area contributed by atoms with Crippen LogP contribution in [-0.2, 0) is 4.79 Å². The zero-order chi connectivity index (χ0) is 12.9. The molecule has 0 aromatic rings. The SMILES string of the molecule is CC1(C)CN(C2CCN(C3CC3)C2=O)CCC1N. The van der Waals surface area contributed by atoms with Crippen LogP contribution in [0.15, 0.2) is 0 Å². The van der Waals surface area contributed by atoms with Crippen LogP contribution in [0.5, 0.6) is 0 Å². The number of nitrogens with two attached hydrogens (primary N) is 1. The topological polar surface area (TPSA) is 49.6 Å². The van der Waals surface area contributed by atoms with Gasteiger partial charge < -0.3 is 10.6 Å². The normalized spacial score (nSPS) is 37.3. The molecule has 3 rings (SSSR count). The van der Waals surface area contributed by atoms with Gasteiger partial charge in [0.2, 0.25) is 5.91 Å². The Morgan fingerprint density at radius 1 is 1.17 bits per heavy atom. The molecule has 1 amide bonds. The second-order valence-corrected chi connectivity index (χ2v) is 6.92. The van der Waals surface area contributed by atoms with Crippen molar-refractivity contribution in [3.05, 3.63) is 0 Å². The summed E-state index contributed by atoms with van der Waals surface area (Å²) >= 11 is 0. The van der Waals surface area contributed by atoms with Crippen molar-refractivity contribution in [2.24, 2.45) is 11.1 Å². The van der Waals surface area contributed by atoms with Gasteiger partial charge in [0.05, 0.1) is 6.04 Å². The van der Waals surface area contributed by atoms with E-state index in [4.69, 9.17) is 5.73 Å². The fourth-order valence-electron chi connectivity index (χ4n) is 3.46. The van der Waals surface area contributed by atoms with Crippen LogP contribution in [0.3, 0.4) is 0 Å². The molecular formula is C14H25N3O. The monoisotopic (exact) mass is 251 g/mol. The highest BCUT2D eigenvalue weighted by Gasteiger charge is 2.45. The second-order valence-electron chi connectivity index (χ2n) is 6.92. The summed E-state index contributed by atoms with van der Waals surface area (Å²) in [5.41, 5.74) is 6.30. The highest BCUT2D eigenvalue weighted by atomic mass is 16.2. The minimum atomic E-state index is 0.130. The quantitative estimate of drug-likeness (QED) is 0.790. The summed E-state index contributed by atoms with van der Waals surface area (Å²) in [6.45, 7) is 7.36. The molecule has 1 saturated carbocycles. The Morgan fingerprint density at radius 2 is 1.89 bits per heavy atom. The van der Waals surface area contributed by atoms with Crippen LogP contribution in [0.2, 0.25) is 0 Å². The van der Waals surface area contributed by atoms with Gasteiger partial charge in [-0.3, -0.25) is 9.69 Å². The van der Waals surface area contributed by atoms with Crippen LogP contribution in [0, 0.1) is 5.41 Å². The summed E-state index contributed by atoms with van der Waals surface area (Å²) in [6, 6.07) is 0.977. The maximum atomic E-state index is 12.4. The predicted octanol–water partition coefficient (Wildman–Crippen LogP) is 0.809. The van der Waals surface area contributed by atoms with Crippen LogP contribution >= 0.6 is 0 Å². The Kier molecular flexibility index (Phi) is 2.90. The van der Waals surface area contributed by atoms with Crippen LogP contribution in [0.25, 0.3) is 0 Å². The molecule has 2 atom stereocenters. The fourth-order valence-corrected chi connectivity index (χ4v) is 3.46. The second kappa shape index (κ2) is 4.20. The molecule has 0 bridgehead atoms. The molecule has 2 N–H and O–H groups in total. The largest absolute Gasteiger partial charge is 0.338 e. The molecule has 0 aromatic carbocycles. The van der Waals surface area contributed by atoms with Crippen molar-refractivity contribution >= 4 is 5.91 Å². The first kappa shape index (κ1) is 12.4. The van der Waals surface area contributed by atoms with Crippen LogP contribution in [-0.4, -0.2) is 53.5 Å². The fraction of sp³-hybridized carbons (Fsp3) is 0.929. The number of amides is 1. The van der Waals surface area contributed by atoms with Crippen molar-refractivity contribution in [3.8, 4) is 0 Å². The molecular weight excluding hydrogens is 226 g/mol. The van der Waals surface area contributed by atoms with Crippen molar-refractivity contribution in [2.75, 3.05) is 19.6 Å². The summed E-state index contributed by atoms with van der Waals surface area (Å²) in [4.78, 5) is 16.9. The standard InChI is InChI=1S/C14H25N3O/c1-14(2)9-16(7-6-12(14)15)11-5-8-17(13(11)18)10-3-4-10/h10-12H,3-9,15H2,1-2H3. The minimum absolute atomic E-state index is 0.130. The minimum Gasteiger partial charge on any atom is -0.338 e. The molecule has 0 aromatic heterocycles. The predicted molar refractivity (Wildman–Crippen MR) is 71.1 cm³/mol. The Labute approximate surface area is 109 Å². The van der Waals surface area contributed by atoms with Crippen molar-refractivity contribution < 1.29 is 4.79 Å². The molecule has 2 heterocycles. The first-order valence-corrected chi connectivity index (χ1v) is 7.29. The van der Waals surface area contributed by atoms with Gasteiger partial charge in [-0.25, -0.2) is 0 Å². The summed E-state index contributed by atoms with van der Waals surface area (Å²) in [6.07, 6.45) is 4.46. The number of likely N-dealkylation sites (tertiary alicyclic amines) is 2. The third-order valence-electron chi connectivity index (χ3n) is 4.98. The van der Waals surface area contributed by atoms with Gasteiger partial charge >= 0.3 is 0 Å². The Morgan fingerprint density at radius 3 is 2.50 bits per heavy atom. The molecule has 4 heteroatoms. The van der Waals surface area contributed by atoms with Gasteiger partial charge in [0.25, 0.3) is 0 Å². The molecule has 3 fully saturated rings. The lowest BCUT2D eigenvalue weighted by Crippen LogP contribution is -2.56. The lowest BCUT2D eigenvalue weighted by molar-refractivity contribution is -0.133. The number of hydrogen-bond acceptors (Lipinski definition) is 3. The van der Waals surface area contributed by atoms with Gasteiger partial charge in [0, 0.05) is 31.7 Å². The van der Waals surface area contributed by atoms with Gasteiger partial charge in [0.1, 0.15) is 0 Å². The van der Waals surface area contributed by atoms with E-state index in [0.29, 0.717) is 11.9 Å². The van der Waals surface area contributed by atoms with Crippen molar-refractivity contribution in [1.29, 1.82) is 0 Å². The molecule has 0 spiro atoms. The molecule has 102 valence electrons. The number of nitrogens with zero attached hydrogens (tertiary/aromatic N) is 2. The van der Waals surface area contributed by atoms with E-state index >= 15 is 0 Å². The number of hydrogen-bond donors (Lipinski definition) is 1. The first-order valence-electron chi connectivity index (χ1n) is 7.29. The van der Waals surface area contributed by atoms with Crippen LogP contribution in [0.1, 0.15) is 39.5 Å². The molecule has 0 radical (unpaired) electrons. The Bertz CT molecular complexity index is 351. The third-order valence-corrected chi connectivity index (χ3v) is 4.98. The number of piperidine rings is 1. The van der Waals surface area contributed by atoms with E-state index in [2.05, 4.69) is 23.6 Å². The lowest BCUT2D eigenvalue weighted by atomic mass is 9.79. The molecule has 18 heavy (non-hydrogen) atoms. The molecule has 4 nitrogen and oxygen atoms in total. The van der Waals surface area contributed by atoms with Crippen molar-refractivity contribution in [3.63, 3.8) is 0 Å². The third kappa shape index (κ3) is 2.05. The zero-order valence-corrected chi connectivity index (χ0v) is 11.6. The van der Waals surface area contributed by atoms with E-state index in [9.17, 15) is 4.79 Å². The number of rotatable bonds is 2. The van der Waals surface area contributed by atoms with Crippen molar-refractivity contribution in [1.82, 2.24) is 9.80 Å². The van der Waals surface area contributed by atoms with E-state index in [1.165, 1.54) is 12.8 Å². The van der Waals surface area contributed by atoms with E-state index < -0.39 is 0 Å². The van der Waals surface area contributed by atoms with Gasteiger partial charge in [-0.05, 0) is 31.1 Å². The smallest absolute Gasteiger partial charge is 0.240 e. The molecule has 2 aliphatic heterocycles. The summed E-state index contributed by atoms with van der Waals surface area (Å²) in [5, 5.41) is 0. The van der Waals surface area contributed by atoms with Gasteiger partial charge in [-0.2, -0.15) is 0 Å². The van der Waals surface area contributed by atoms with Gasteiger partial charge in [-0.15, -0.1) is 0 Å².